The smallest absolute Gasteiger partial charge is 0.247 e. The number of nitrogens with zero attached hydrogens (tertiary/aromatic N) is 6. The Bertz CT molecular complexity index is 3040. The van der Waals surface area contributed by atoms with Gasteiger partial charge in [-0.3, -0.25) is 43.1 Å². The third-order valence-electron chi connectivity index (χ3n) is 13.2. The number of benzene rings is 2. The molecular weight excluding hydrogens is 1040 g/mol. The third-order valence-corrected chi connectivity index (χ3v) is 16.6. The lowest BCUT2D eigenvalue weighted by Crippen LogP contribution is -2.58. The number of fused-ring (bicyclic) bond motifs is 4. The minimum atomic E-state index is -1.40. The van der Waals surface area contributed by atoms with Crippen molar-refractivity contribution >= 4 is 93.1 Å². The SMILES string of the molecule is Cc1ncsc1-c1ccc([C@H]2NC(=O)[C@@H]3C[C@@H](O)CN3C(=O)[C@H](C(C)(C)C)NC(=O)CSCCNC(=O)[C@@H](CNC(=O)C[C@@H]3N=C(c4ccc(Cl)cc4)c4c(sc(C)c4C)-n4c(C)nnc43)NC(=O)CNC2=O)cc1. The number of nitrogens with one attached hydrogen (secondary N) is 6. The lowest BCUT2D eigenvalue weighted by Gasteiger charge is -2.35. The maximum Gasteiger partial charge on any atom is 0.247 e. The highest BCUT2D eigenvalue weighted by Crippen LogP contribution is 2.40. The molecule has 0 spiro atoms. The summed E-state index contributed by atoms with van der Waals surface area (Å²) in [7, 11) is 0. The number of thiophene rings is 1. The van der Waals surface area contributed by atoms with Crippen LogP contribution in [0.1, 0.15) is 90.2 Å². The Morgan fingerprint density at radius 2 is 1.60 bits per heavy atom. The standard InChI is InChI=1S/C51H59ClN12O8S3/c1-25-27(3)75-50-40(25)41(29-12-14-32(52)15-13-29)58-34(45-62-61-28(4)64(45)50)19-37(66)54-20-35-46(69)53-16-17-73-23-39(68)59-44(51(5,6)7)49(72)63-22-33(65)18-36(63)47(70)60-42(48(71)55-21-38(67)57-35)30-8-10-31(11-9-30)43-26(2)56-24-74-43/h8-15,24,33-36,42,44,65H,16-23H2,1-7H3,(H,53,69)(H,54,66)(H,55,71)(H,57,67)(H,59,68)(H,60,70)/t33-,34+,35-,36+,42-,44-/m1/s1. The van der Waals surface area contributed by atoms with Gasteiger partial charge in [0.15, 0.2) is 5.82 Å². The Kier molecular flexibility index (Phi) is 16.9. The van der Waals surface area contributed by atoms with Crippen LogP contribution in [0.5, 0.6) is 0 Å². The second-order valence-electron chi connectivity index (χ2n) is 19.7. The van der Waals surface area contributed by atoms with Crippen LogP contribution in [0.15, 0.2) is 59.0 Å². The molecule has 2 saturated heterocycles. The molecule has 75 heavy (non-hydrogen) atoms. The van der Waals surface area contributed by atoms with Crippen LogP contribution in [0.25, 0.3) is 15.4 Å². The number of aliphatic imine (C=N–C) groups is 1. The largest absolute Gasteiger partial charge is 0.391 e. The highest BCUT2D eigenvalue weighted by molar-refractivity contribution is 7.99. The number of thiazole rings is 1. The van der Waals surface area contributed by atoms with Crippen molar-refractivity contribution in [3.8, 4) is 15.4 Å². The Hall–Kier alpha value is -6.53. The van der Waals surface area contributed by atoms with Gasteiger partial charge in [-0.2, -0.15) is 11.8 Å². The Morgan fingerprint density at radius 1 is 0.880 bits per heavy atom. The normalized spacial score (nSPS) is 22.5. The molecule has 5 aromatic rings. The molecule has 2 aromatic carbocycles. The van der Waals surface area contributed by atoms with E-state index in [2.05, 4.69) is 47.1 Å². The van der Waals surface area contributed by atoms with E-state index in [-0.39, 0.29) is 44.0 Å². The summed E-state index contributed by atoms with van der Waals surface area (Å²) in [6, 6.07) is 8.25. The van der Waals surface area contributed by atoms with Crippen molar-refractivity contribution in [1.29, 1.82) is 0 Å². The van der Waals surface area contributed by atoms with Gasteiger partial charge in [-0.1, -0.05) is 68.8 Å². The first-order valence-electron chi connectivity index (χ1n) is 24.3. The number of thioether (sulfide) groups is 1. The van der Waals surface area contributed by atoms with Crippen molar-refractivity contribution in [2.45, 2.75) is 97.6 Å². The molecule has 8 rings (SSSR count). The van der Waals surface area contributed by atoms with E-state index in [9.17, 15) is 38.7 Å². The van der Waals surface area contributed by atoms with E-state index >= 15 is 0 Å². The summed E-state index contributed by atoms with van der Waals surface area (Å²) in [5, 5.41) is 37.5. The summed E-state index contributed by atoms with van der Waals surface area (Å²) >= 11 is 10.5. The average molecular weight is 1100 g/mol. The molecule has 6 heterocycles. The molecule has 3 aliphatic rings. The topological polar surface area (TPSA) is 271 Å². The zero-order chi connectivity index (χ0) is 53.9. The fraction of sp³-hybridized carbons (Fsp3) is 0.431. The number of carbonyl (C=O) groups is 7. The highest BCUT2D eigenvalue weighted by Gasteiger charge is 2.45. The minimum absolute atomic E-state index is 0.0575. The van der Waals surface area contributed by atoms with Crippen LogP contribution < -0.4 is 31.9 Å². The summed E-state index contributed by atoms with van der Waals surface area (Å²) < 4.78 is 1.91. The fourth-order valence-corrected chi connectivity index (χ4v) is 11.9. The summed E-state index contributed by atoms with van der Waals surface area (Å²) in [4.78, 5) is 111. The van der Waals surface area contributed by atoms with E-state index in [0.29, 0.717) is 27.9 Å². The van der Waals surface area contributed by atoms with Crippen LogP contribution in [0.4, 0.5) is 0 Å². The molecule has 0 aliphatic carbocycles. The first kappa shape index (κ1) is 54.7. The first-order chi connectivity index (χ1) is 35.7. The number of aliphatic hydroxyl groups is 1. The fourth-order valence-electron chi connectivity index (χ4n) is 9.12. The molecule has 20 nitrogen and oxygen atoms in total. The van der Waals surface area contributed by atoms with E-state index in [0.717, 1.165) is 42.7 Å². The third kappa shape index (κ3) is 12.4. The molecule has 0 radical (unpaired) electrons. The van der Waals surface area contributed by atoms with Crippen molar-refractivity contribution in [3.05, 3.63) is 104 Å². The number of aromatic nitrogens is 4. The van der Waals surface area contributed by atoms with Crippen molar-refractivity contribution in [1.82, 2.24) is 56.5 Å². The second kappa shape index (κ2) is 23.2. The summed E-state index contributed by atoms with van der Waals surface area (Å²) in [5.41, 5.74) is 6.19. The number of hydrogen-bond acceptors (Lipinski definition) is 15. The van der Waals surface area contributed by atoms with Gasteiger partial charge < -0.3 is 41.9 Å². The molecule has 0 unspecified atom stereocenters. The predicted molar refractivity (Wildman–Crippen MR) is 287 cm³/mol. The number of hydrogen-bond donors (Lipinski definition) is 7. The van der Waals surface area contributed by atoms with Crippen LogP contribution in [0, 0.1) is 33.1 Å². The van der Waals surface area contributed by atoms with E-state index in [1.165, 1.54) is 28.0 Å². The van der Waals surface area contributed by atoms with Crippen LogP contribution in [-0.4, -0.2) is 139 Å². The Balaban J connectivity index is 1.04. The first-order valence-corrected chi connectivity index (χ1v) is 27.6. The van der Waals surface area contributed by atoms with Gasteiger partial charge in [0, 0.05) is 52.8 Å². The summed E-state index contributed by atoms with van der Waals surface area (Å²) in [5.74, 6) is -3.34. The molecule has 7 amide bonds. The number of carbonyl (C=O) groups excluding carboxylic acids is 7. The van der Waals surface area contributed by atoms with Gasteiger partial charge >= 0.3 is 0 Å². The van der Waals surface area contributed by atoms with Crippen molar-refractivity contribution in [2.75, 3.05) is 37.7 Å². The summed E-state index contributed by atoms with van der Waals surface area (Å²) in [6.07, 6.45) is -1.41. The molecule has 3 aromatic heterocycles. The number of amides is 7. The van der Waals surface area contributed by atoms with Gasteiger partial charge in [-0.05, 0) is 61.9 Å². The molecule has 24 heteroatoms. The van der Waals surface area contributed by atoms with Gasteiger partial charge in [0.05, 0.1) is 46.6 Å². The molecule has 0 saturated carbocycles. The van der Waals surface area contributed by atoms with Gasteiger partial charge in [-0.25, -0.2) is 4.98 Å². The molecule has 6 atom stereocenters. The Morgan fingerprint density at radius 3 is 2.29 bits per heavy atom. The molecule has 7 N–H and O–H groups in total. The van der Waals surface area contributed by atoms with Crippen LogP contribution in [-0.2, 0) is 33.6 Å². The molecule has 0 bridgehead atoms. The maximum atomic E-state index is 14.3. The van der Waals surface area contributed by atoms with E-state index in [1.807, 2.05) is 44.4 Å². The number of halogens is 1. The van der Waals surface area contributed by atoms with Gasteiger partial charge in [0.1, 0.15) is 41.0 Å². The number of aryl methyl sites for hydroxylation is 3. The van der Waals surface area contributed by atoms with Crippen molar-refractivity contribution < 1.29 is 38.7 Å². The lowest BCUT2D eigenvalue weighted by atomic mass is 9.85. The van der Waals surface area contributed by atoms with Gasteiger partial charge in [0.25, 0.3) is 0 Å². The minimum Gasteiger partial charge on any atom is -0.391 e. The Labute approximate surface area is 450 Å². The molecule has 396 valence electrons. The van der Waals surface area contributed by atoms with Gasteiger partial charge in [0.2, 0.25) is 41.4 Å². The van der Waals surface area contributed by atoms with Crippen molar-refractivity contribution in [3.63, 3.8) is 0 Å². The highest BCUT2D eigenvalue weighted by atomic mass is 35.5. The van der Waals surface area contributed by atoms with Gasteiger partial charge in [-0.15, -0.1) is 32.9 Å². The molecular formula is C51H59ClN12O8S3. The molecule has 3 aliphatic heterocycles. The second-order valence-corrected chi connectivity index (χ2v) is 23.3. The predicted octanol–water partition coefficient (Wildman–Crippen LogP) is 3.55. The van der Waals surface area contributed by atoms with E-state index in [4.69, 9.17) is 16.6 Å². The maximum absolute atomic E-state index is 14.3. The van der Waals surface area contributed by atoms with Crippen LogP contribution >= 0.6 is 46.0 Å². The van der Waals surface area contributed by atoms with Crippen molar-refractivity contribution in [2.24, 2.45) is 10.4 Å². The molecule has 2 fully saturated rings. The number of rotatable bonds is 7. The lowest BCUT2D eigenvalue weighted by molar-refractivity contribution is -0.144. The number of aliphatic hydroxyl groups excluding tert-OH is 1. The average Bonchev–Trinajstić information content (AvgIpc) is 4.14. The quantitative estimate of drug-likeness (QED) is 0.123. The summed E-state index contributed by atoms with van der Waals surface area (Å²) in [6.45, 7) is 11.9. The van der Waals surface area contributed by atoms with E-state index in [1.54, 1.807) is 74.0 Å². The van der Waals surface area contributed by atoms with E-state index < -0.39 is 89.6 Å². The van der Waals surface area contributed by atoms with Crippen LogP contribution in [0.2, 0.25) is 5.02 Å². The zero-order valence-corrected chi connectivity index (χ0v) is 45.6. The zero-order valence-electron chi connectivity index (χ0n) is 42.4. The monoisotopic (exact) mass is 1100 g/mol. The van der Waals surface area contributed by atoms with Crippen LogP contribution in [0.3, 0.4) is 0 Å².